The Morgan fingerprint density at radius 1 is 1.48 bits per heavy atom. The quantitative estimate of drug-likeness (QED) is 0.472. The third-order valence-corrected chi connectivity index (χ3v) is 6.43. The van der Waals surface area contributed by atoms with Crippen LogP contribution in [0.4, 0.5) is 4.39 Å². The van der Waals surface area contributed by atoms with E-state index in [2.05, 4.69) is 16.5 Å². The second-order valence-electron chi connectivity index (χ2n) is 5.28. The lowest BCUT2D eigenvalue weighted by Crippen LogP contribution is -2.18. The zero-order valence-corrected chi connectivity index (χ0v) is 15.5. The summed E-state index contributed by atoms with van der Waals surface area (Å²) in [7, 11) is 0. The Morgan fingerprint density at radius 3 is 3.00 bits per heavy atom. The lowest BCUT2D eigenvalue weighted by Gasteiger charge is -2.23. The highest BCUT2D eigenvalue weighted by molar-refractivity contribution is 14.1. The summed E-state index contributed by atoms with van der Waals surface area (Å²) >= 11 is 10.1. The summed E-state index contributed by atoms with van der Waals surface area (Å²) in [6.45, 7) is 2.19. The van der Waals surface area contributed by atoms with Crippen LogP contribution in [0, 0.1) is 9.39 Å². The molecule has 1 aliphatic rings. The summed E-state index contributed by atoms with van der Waals surface area (Å²) in [4.78, 5) is 4.62. The van der Waals surface area contributed by atoms with Gasteiger partial charge in [-0.05, 0) is 47.3 Å². The van der Waals surface area contributed by atoms with Gasteiger partial charge in [-0.15, -0.1) is 11.6 Å². The monoisotopic (exact) mass is 438 g/mol. The molecule has 1 aromatic carbocycles. The Hall–Kier alpha value is -0.0100. The topological polar surface area (TPSA) is 17.8 Å². The standard InChI is InChI=1S/C15H17ClFIN2S/c1-2-21-14-5-3-4-12(14)20-13-6-9(17)10(18)7-11(13)19-15(20)8-16/h6-7,12,14H,2-5,8H2,1H3. The number of thioether (sulfide) groups is 1. The van der Waals surface area contributed by atoms with Gasteiger partial charge >= 0.3 is 0 Å². The highest BCUT2D eigenvalue weighted by atomic mass is 127. The van der Waals surface area contributed by atoms with Gasteiger partial charge in [0.2, 0.25) is 0 Å². The average Bonchev–Trinajstić information content (AvgIpc) is 3.04. The van der Waals surface area contributed by atoms with E-state index in [9.17, 15) is 4.39 Å². The largest absolute Gasteiger partial charge is 0.323 e. The summed E-state index contributed by atoms with van der Waals surface area (Å²) in [5.41, 5.74) is 1.74. The van der Waals surface area contributed by atoms with E-state index < -0.39 is 0 Å². The third-order valence-electron chi connectivity index (χ3n) is 4.05. The minimum atomic E-state index is -0.178. The van der Waals surface area contributed by atoms with E-state index in [0.29, 0.717) is 20.7 Å². The first-order valence-electron chi connectivity index (χ1n) is 7.19. The molecule has 0 saturated heterocycles. The molecule has 1 aromatic heterocycles. The maximum atomic E-state index is 14.0. The number of imidazole rings is 1. The zero-order chi connectivity index (χ0) is 15.0. The van der Waals surface area contributed by atoms with Crippen LogP contribution >= 0.6 is 46.0 Å². The van der Waals surface area contributed by atoms with Crippen LogP contribution in [0.1, 0.15) is 38.1 Å². The summed E-state index contributed by atoms with van der Waals surface area (Å²) in [6.07, 6.45) is 3.56. The van der Waals surface area contributed by atoms with Crippen molar-refractivity contribution in [2.45, 2.75) is 43.4 Å². The Kier molecular flexibility index (Phi) is 5.01. The summed E-state index contributed by atoms with van der Waals surface area (Å²) in [5, 5.41) is 0.580. The van der Waals surface area contributed by atoms with Crippen molar-refractivity contribution in [2.24, 2.45) is 0 Å². The van der Waals surface area contributed by atoms with Gasteiger partial charge in [-0.25, -0.2) is 9.37 Å². The lowest BCUT2D eigenvalue weighted by molar-refractivity contribution is 0.526. The molecule has 2 nitrogen and oxygen atoms in total. The molecular weight excluding hydrogens is 422 g/mol. The average molecular weight is 439 g/mol. The number of hydrogen-bond donors (Lipinski definition) is 0. The Labute approximate surface area is 147 Å². The smallest absolute Gasteiger partial charge is 0.138 e. The molecule has 1 aliphatic carbocycles. The van der Waals surface area contributed by atoms with Gasteiger partial charge in [0.1, 0.15) is 11.6 Å². The van der Waals surface area contributed by atoms with Gasteiger partial charge in [-0.3, -0.25) is 0 Å². The van der Waals surface area contributed by atoms with E-state index in [-0.39, 0.29) is 5.82 Å². The number of nitrogens with zero attached hydrogens (tertiary/aromatic N) is 2. The minimum Gasteiger partial charge on any atom is -0.323 e. The van der Waals surface area contributed by atoms with Gasteiger partial charge in [0.05, 0.1) is 20.5 Å². The van der Waals surface area contributed by atoms with E-state index in [1.807, 2.05) is 40.4 Å². The zero-order valence-electron chi connectivity index (χ0n) is 11.8. The molecule has 2 unspecified atom stereocenters. The van der Waals surface area contributed by atoms with Crippen molar-refractivity contribution < 1.29 is 4.39 Å². The van der Waals surface area contributed by atoms with Gasteiger partial charge in [0.15, 0.2) is 0 Å². The molecule has 0 N–H and O–H groups in total. The molecule has 0 radical (unpaired) electrons. The van der Waals surface area contributed by atoms with Crippen LogP contribution in [0.25, 0.3) is 11.0 Å². The molecule has 1 fully saturated rings. The van der Waals surface area contributed by atoms with Crippen molar-refractivity contribution in [3.63, 3.8) is 0 Å². The van der Waals surface area contributed by atoms with Crippen molar-refractivity contribution >= 4 is 57.0 Å². The fraction of sp³-hybridized carbons (Fsp3) is 0.533. The predicted molar refractivity (Wildman–Crippen MR) is 96.8 cm³/mol. The van der Waals surface area contributed by atoms with Crippen LogP contribution < -0.4 is 0 Å². The minimum absolute atomic E-state index is 0.178. The van der Waals surface area contributed by atoms with E-state index >= 15 is 0 Å². The van der Waals surface area contributed by atoms with Crippen molar-refractivity contribution in [1.29, 1.82) is 0 Å². The molecule has 2 atom stereocenters. The maximum absolute atomic E-state index is 14.0. The fourth-order valence-corrected chi connectivity index (χ4v) is 5.10. The lowest BCUT2D eigenvalue weighted by atomic mass is 10.2. The van der Waals surface area contributed by atoms with E-state index in [1.165, 1.54) is 12.8 Å². The van der Waals surface area contributed by atoms with E-state index in [4.69, 9.17) is 11.6 Å². The highest BCUT2D eigenvalue weighted by Gasteiger charge is 2.31. The molecule has 0 bridgehead atoms. The number of benzene rings is 1. The first-order valence-corrected chi connectivity index (χ1v) is 9.85. The SMILES string of the molecule is CCSC1CCCC1n1c(CCl)nc2cc(I)c(F)cc21. The highest BCUT2D eigenvalue weighted by Crippen LogP contribution is 2.41. The van der Waals surface area contributed by atoms with Crippen LogP contribution in [-0.2, 0) is 5.88 Å². The molecule has 114 valence electrons. The van der Waals surface area contributed by atoms with Crippen LogP contribution in [-0.4, -0.2) is 20.6 Å². The van der Waals surface area contributed by atoms with Gasteiger partial charge < -0.3 is 4.57 Å². The van der Waals surface area contributed by atoms with E-state index in [1.54, 1.807) is 6.07 Å². The van der Waals surface area contributed by atoms with Crippen molar-refractivity contribution in [1.82, 2.24) is 9.55 Å². The van der Waals surface area contributed by atoms with Crippen LogP contribution in [0.15, 0.2) is 12.1 Å². The summed E-state index contributed by atoms with van der Waals surface area (Å²) in [6, 6.07) is 3.81. The van der Waals surface area contributed by atoms with Gasteiger partial charge in [-0.2, -0.15) is 11.8 Å². The molecular formula is C15H17ClFIN2S. The predicted octanol–water partition coefficient (Wildman–Crippen LogP) is 5.37. The van der Waals surface area contributed by atoms with Crippen molar-refractivity contribution in [3.8, 4) is 0 Å². The normalized spacial score (nSPS) is 22.3. The van der Waals surface area contributed by atoms with Gasteiger partial charge in [0.25, 0.3) is 0 Å². The van der Waals surface area contributed by atoms with Gasteiger partial charge in [0, 0.05) is 17.4 Å². The van der Waals surface area contributed by atoms with Crippen LogP contribution in [0.3, 0.4) is 0 Å². The molecule has 0 spiro atoms. The van der Waals surface area contributed by atoms with Crippen LogP contribution in [0.5, 0.6) is 0 Å². The number of halogens is 3. The maximum Gasteiger partial charge on any atom is 0.138 e. The molecule has 3 rings (SSSR count). The molecule has 1 saturated carbocycles. The molecule has 6 heteroatoms. The molecule has 2 aromatic rings. The summed E-state index contributed by atoms with van der Waals surface area (Å²) < 4.78 is 16.8. The molecule has 21 heavy (non-hydrogen) atoms. The fourth-order valence-electron chi connectivity index (χ4n) is 3.21. The second-order valence-corrected chi connectivity index (χ2v) is 8.22. The Bertz CT molecular complexity index is 661. The van der Waals surface area contributed by atoms with Crippen molar-refractivity contribution in [3.05, 3.63) is 27.3 Å². The number of fused-ring (bicyclic) bond motifs is 1. The van der Waals surface area contributed by atoms with Crippen molar-refractivity contribution in [2.75, 3.05) is 5.75 Å². The second kappa shape index (κ2) is 6.62. The number of rotatable bonds is 4. The molecule has 0 aliphatic heterocycles. The Morgan fingerprint density at radius 2 is 2.29 bits per heavy atom. The Balaban J connectivity index is 2.13. The number of aromatic nitrogens is 2. The van der Waals surface area contributed by atoms with Crippen LogP contribution in [0.2, 0.25) is 0 Å². The first-order chi connectivity index (χ1) is 10.2. The number of hydrogen-bond acceptors (Lipinski definition) is 2. The first kappa shape index (κ1) is 15.9. The van der Waals surface area contributed by atoms with Gasteiger partial charge in [-0.1, -0.05) is 13.3 Å². The number of alkyl halides is 1. The summed E-state index contributed by atoms with van der Waals surface area (Å²) in [5.74, 6) is 2.16. The molecule has 1 heterocycles. The molecule has 0 amide bonds. The third kappa shape index (κ3) is 2.93. The van der Waals surface area contributed by atoms with E-state index in [0.717, 1.165) is 29.0 Å².